The van der Waals surface area contributed by atoms with Gasteiger partial charge in [-0.3, -0.25) is 0 Å². The van der Waals surface area contributed by atoms with Crippen molar-refractivity contribution in [1.82, 2.24) is 4.72 Å². The molecule has 6 aromatic rings. The standard InChI is InChI=1S/C22H21N3O3S.C13H11ClN2O3S.C9H11N/c26-22(23-18-8-2-1-3-9-18)24-19-10-12-21(13-11-19)29(27,28)25-20-14-16-6-4-5-7-17(16)15-20;14-20(18,19)12-8-6-11(7-9-12)16-13(17)15-10-4-2-1-3-5-10;10-9-5-7-3-1-2-4-8(7)6-9/h1-13,20,25H,14-15H2,(H2,23,24,26);1-9H,(H2,15,16,17);1-4,9H,5-6,10H2. The fourth-order valence-electron chi connectivity index (χ4n) is 6.57. The van der Waals surface area contributed by atoms with Crippen LogP contribution in [0.5, 0.6) is 0 Å². The van der Waals surface area contributed by atoms with Crippen molar-refractivity contribution in [3.05, 3.63) is 180 Å². The van der Waals surface area contributed by atoms with Crippen LogP contribution in [0.2, 0.25) is 0 Å². The van der Waals surface area contributed by atoms with Crippen molar-refractivity contribution in [1.29, 1.82) is 0 Å². The molecule has 0 fully saturated rings. The van der Waals surface area contributed by atoms with Crippen LogP contribution in [-0.4, -0.2) is 41.0 Å². The molecule has 0 aliphatic heterocycles. The Hall–Kier alpha value is -6.03. The molecule has 0 saturated carbocycles. The third-order valence-electron chi connectivity index (χ3n) is 9.33. The third-order valence-corrected chi connectivity index (χ3v) is 12.2. The van der Waals surface area contributed by atoms with Gasteiger partial charge in [0, 0.05) is 45.5 Å². The topological polar surface area (TPSA) is 189 Å². The van der Waals surface area contributed by atoms with Crippen LogP contribution in [-0.2, 0) is 44.8 Å². The quantitative estimate of drug-likeness (QED) is 0.0834. The lowest BCUT2D eigenvalue weighted by Gasteiger charge is -2.13. The van der Waals surface area contributed by atoms with Crippen molar-refractivity contribution in [2.45, 2.75) is 47.6 Å². The highest BCUT2D eigenvalue weighted by atomic mass is 35.7. The first-order chi connectivity index (χ1) is 28.3. The molecule has 0 radical (unpaired) electrons. The van der Waals surface area contributed by atoms with E-state index in [-0.39, 0.29) is 15.8 Å². The Bertz CT molecular complexity index is 2530. The van der Waals surface area contributed by atoms with Crippen molar-refractivity contribution in [2.24, 2.45) is 5.73 Å². The van der Waals surface area contributed by atoms with E-state index in [0.29, 0.717) is 41.6 Å². The highest BCUT2D eigenvalue weighted by Crippen LogP contribution is 2.24. The number of rotatable bonds is 8. The zero-order chi connectivity index (χ0) is 41.8. The lowest BCUT2D eigenvalue weighted by atomic mass is 10.1. The summed E-state index contributed by atoms with van der Waals surface area (Å²) in [6.07, 6.45) is 3.51. The molecular weight excluding hydrogens is 808 g/mol. The summed E-state index contributed by atoms with van der Waals surface area (Å²) in [5, 5.41) is 10.6. The SMILES string of the molecule is NC1Cc2ccccc2C1.O=C(Nc1ccccc1)Nc1ccc(S(=O)(=O)Cl)cc1.O=C(Nc1ccccc1)Nc1ccc(S(=O)(=O)NC2Cc3ccccc3C2)cc1. The Morgan fingerprint density at radius 2 is 0.780 bits per heavy atom. The van der Waals surface area contributed by atoms with Gasteiger partial charge in [-0.1, -0.05) is 84.9 Å². The van der Waals surface area contributed by atoms with E-state index >= 15 is 0 Å². The van der Waals surface area contributed by atoms with Crippen LogP contribution in [0.15, 0.2) is 168 Å². The summed E-state index contributed by atoms with van der Waals surface area (Å²) in [5.74, 6) is 0. The number of benzene rings is 6. The molecule has 8 rings (SSSR count). The Labute approximate surface area is 348 Å². The molecule has 2 aliphatic carbocycles. The van der Waals surface area contributed by atoms with E-state index in [1.165, 1.54) is 58.7 Å². The molecule has 0 heterocycles. The average molecular weight is 851 g/mol. The van der Waals surface area contributed by atoms with Crippen LogP contribution < -0.4 is 31.7 Å². The summed E-state index contributed by atoms with van der Waals surface area (Å²) >= 11 is 0. The van der Waals surface area contributed by atoms with Crippen molar-refractivity contribution in [2.75, 3.05) is 21.3 Å². The monoisotopic (exact) mass is 850 g/mol. The molecule has 59 heavy (non-hydrogen) atoms. The Morgan fingerprint density at radius 3 is 1.15 bits per heavy atom. The normalized spacial score (nSPS) is 13.3. The summed E-state index contributed by atoms with van der Waals surface area (Å²) < 4.78 is 50.3. The number of nitrogens with one attached hydrogen (secondary N) is 5. The molecule has 0 aromatic heterocycles. The van der Waals surface area contributed by atoms with Gasteiger partial charge in [-0.2, -0.15) is 0 Å². The summed E-state index contributed by atoms with van der Waals surface area (Å²) in [6.45, 7) is 0. The molecule has 12 nitrogen and oxygen atoms in total. The second-order valence-electron chi connectivity index (χ2n) is 13.8. The molecule has 0 atom stereocenters. The summed E-state index contributed by atoms with van der Waals surface area (Å²) in [4.78, 5) is 23.9. The number of halogens is 1. The fraction of sp³-hybridized carbons (Fsp3) is 0.136. The number of carbonyl (C=O) groups is 2. The van der Waals surface area contributed by atoms with Crippen LogP contribution in [0, 0.1) is 0 Å². The van der Waals surface area contributed by atoms with Crippen LogP contribution >= 0.6 is 10.7 Å². The van der Waals surface area contributed by atoms with Gasteiger partial charge in [-0.25, -0.2) is 31.1 Å². The number of hydrogen-bond donors (Lipinski definition) is 6. The number of hydrogen-bond acceptors (Lipinski definition) is 7. The number of amides is 4. The number of sulfonamides is 1. The van der Waals surface area contributed by atoms with Crippen LogP contribution in [0.3, 0.4) is 0 Å². The molecule has 6 aromatic carbocycles. The van der Waals surface area contributed by atoms with Gasteiger partial charge >= 0.3 is 12.1 Å². The number of urea groups is 2. The second-order valence-corrected chi connectivity index (χ2v) is 18.1. The van der Waals surface area contributed by atoms with E-state index in [1.807, 2.05) is 48.5 Å². The minimum atomic E-state index is -3.75. The maximum Gasteiger partial charge on any atom is 0.323 e. The Kier molecular flexibility index (Phi) is 14.2. The molecule has 7 N–H and O–H groups in total. The Balaban J connectivity index is 0.000000167. The zero-order valence-corrected chi connectivity index (χ0v) is 34.1. The predicted molar refractivity (Wildman–Crippen MR) is 234 cm³/mol. The van der Waals surface area contributed by atoms with E-state index < -0.39 is 31.1 Å². The number of para-hydroxylation sites is 2. The van der Waals surface area contributed by atoms with Gasteiger partial charge in [0.25, 0.3) is 9.05 Å². The summed E-state index contributed by atoms with van der Waals surface area (Å²) in [7, 11) is -2.19. The largest absolute Gasteiger partial charge is 0.327 e. The van der Waals surface area contributed by atoms with E-state index in [4.69, 9.17) is 16.4 Å². The number of anilines is 4. The van der Waals surface area contributed by atoms with Gasteiger partial charge in [0.15, 0.2) is 0 Å². The van der Waals surface area contributed by atoms with E-state index in [1.54, 1.807) is 48.5 Å². The first kappa shape index (κ1) is 42.6. The highest BCUT2D eigenvalue weighted by Gasteiger charge is 2.26. The molecule has 0 spiro atoms. The first-order valence-corrected chi connectivity index (χ1v) is 22.4. The second kappa shape index (κ2) is 19.6. The van der Waals surface area contributed by atoms with Crippen molar-refractivity contribution in [3.8, 4) is 0 Å². The minimum Gasteiger partial charge on any atom is -0.327 e. The maximum absolute atomic E-state index is 12.7. The predicted octanol–water partition coefficient (Wildman–Crippen LogP) is 8.15. The first-order valence-electron chi connectivity index (χ1n) is 18.6. The molecule has 0 bridgehead atoms. The van der Waals surface area contributed by atoms with Crippen molar-refractivity contribution < 1.29 is 26.4 Å². The minimum absolute atomic E-state index is 0.0202. The fourth-order valence-corrected chi connectivity index (χ4v) is 8.58. The van der Waals surface area contributed by atoms with Crippen molar-refractivity contribution >= 4 is 64.6 Å². The van der Waals surface area contributed by atoms with Crippen LogP contribution in [0.1, 0.15) is 22.3 Å². The van der Waals surface area contributed by atoms with Gasteiger partial charge in [0.1, 0.15) is 0 Å². The van der Waals surface area contributed by atoms with E-state index in [0.717, 1.165) is 12.8 Å². The van der Waals surface area contributed by atoms with Gasteiger partial charge in [0.05, 0.1) is 9.79 Å². The zero-order valence-electron chi connectivity index (χ0n) is 31.7. The number of carbonyl (C=O) groups excluding carboxylic acids is 2. The summed E-state index contributed by atoms with van der Waals surface area (Å²) in [6, 6.07) is 45.6. The average Bonchev–Trinajstić information content (AvgIpc) is 3.80. The van der Waals surface area contributed by atoms with Crippen molar-refractivity contribution in [3.63, 3.8) is 0 Å². The van der Waals surface area contributed by atoms with Gasteiger partial charge in [-0.15, -0.1) is 0 Å². The highest BCUT2D eigenvalue weighted by molar-refractivity contribution is 8.13. The molecule has 2 aliphatic rings. The molecule has 0 saturated heterocycles. The molecule has 304 valence electrons. The summed E-state index contributed by atoms with van der Waals surface area (Å²) in [5.41, 5.74) is 13.3. The van der Waals surface area contributed by atoms with Gasteiger partial charge < -0.3 is 27.0 Å². The maximum atomic E-state index is 12.7. The molecule has 15 heteroatoms. The molecular formula is C44H43ClN6O6S2. The van der Waals surface area contributed by atoms with Gasteiger partial charge in [-0.05, 0) is 121 Å². The lowest BCUT2D eigenvalue weighted by Crippen LogP contribution is -2.35. The molecule has 0 unspecified atom stereocenters. The van der Waals surface area contributed by atoms with Crippen LogP contribution in [0.25, 0.3) is 0 Å². The smallest absolute Gasteiger partial charge is 0.323 e. The Morgan fingerprint density at radius 1 is 0.458 bits per heavy atom. The van der Waals surface area contributed by atoms with Gasteiger partial charge in [0.2, 0.25) is 10.0 Å². The van der Waals surface area contributed by atoms with E-state index in [2.05, 4.69) is 50.3 Å². The number of fused-ring (bicyclic) bond motifs is 2. The van der Waals surface area contributed by atoms with Crippen LogP contribution in [0.4, 0.5) is 32.3 Å². The lowest BCUT2D eigenvalue weighted by molar-refractivity contribution is 0.261. The molecule has 4 amide bonds. The number of nitrogens with two attached hydrogens (primary N) is 1. The third kappa shape index (κ3) is 12.7. The van der Waals surface area contributed by atoms with E-state index in [9.17, 15) is 26.4 Å².